The van der Waals surface area contributed by atoms with Gasteiger partial charge in [0.1, 0.15) is 0 Å². The lowest BCUT2D eigenvalue weighted by molar-refractivity contribution is 0.0689. The van der Waals surface area contributed by atoms with Crippen molar-refractivity contribution in [3.05, 3.63) is 0 Å². The summed E-state index contributed by atoms with van der Waals surface area (Å²) in [7, 11) is 0. The third kappa shape index (κ3) is 5.07. The van der Waals surface area contributed by atoms with Gasteiger partial charge in [0.05, 0.1) is 0 Å². The molecule has 19 heavy (non-hydrogen) atoms. The molecule has 1 saturated heterocycles. The fourth-order valence-corrected chi connectivity index (χ4v) is 3.29. The molecule has 2 heteroatoms. The maximum atomic E-state index is 3.83. The van der Waals surface area contributed by atoms with Gasteiger partial charge in [-0.1, -0.05) is 47.5 Å². The Bertz CT molecular complexity index is 233. The lowest BCUT2D eigenvalue weighted by Gasteiger charge is -2.47. The lowest BCUT2D eigenvalue weighted by Crippen LogP contribution is -2.63. The van der Waals surface area contributed by atoms with Gasteiger partial charge < -0.3 is 5.32 Å². The quantitative estimate of drug-likeness (QED) is 0.668. The summed E-state index contributed by atoms with van der Waals surface area (Å²) in [6.45, 7) is 15.4. The predicted octanol–water partition coefficient (Wildman–Crippen LogP) is 4.06. The van der Waals surface area contributed by atoms with E-state index < -0.39 is 0 Å². The standard InChI is InChI=1S/C17H36N2/c1-6-16-13-18-17(7-2,8-3)14-19(16)12-10-9-11-15(4)5/h15-16,18H,6-14H2,1-5H3. The van der Waals surface area contributed by atoms with Crippen molar-refractivity contribution in [1.82, 2.24) is 10.2 Å². The highest BCUT2D eigenvalue weighted by Gasteiger charge is 2.35. The Morgan fingerprint density at radius 2 is 1.84 bits per heavy atom. The van der Waals surface area contributed by atoms with Gasteiger partial charge >= 0.3 is 0 Å². The predicted molar refractivity (Wildman–Crippen MR) is 85.7 cm³/mol. The van der Waals surface area contributed by atoms with E-state index in [1.807, 2.05) is 0 Å². The van der Waals surface area contributed by atoms with E-state index >= 15 is 0 Å². The van der Waals surface area contributed by atoms with Crippen LogP contribution < -0.4 is 5.32 Å². The lowest BCUT2D eigenvalue weighted by atomic mass is 9.88. The molecule has 0 bridgehead atoms. The summed E-state index contributed by atoms with van der Waals surface area (Å²) in [6.07, 6.45) is 7.93. The van der Waals surface area contributed by atoms with Crippen LogP contribution in [-0.4, -0.2) is 36.1 Å². The summed E-state index contributed by atoms with van der Waals surface area (Å²) in [6, 6.07) is 0.755. The second kappa shape index (κ2) is 8.26. The van der Waals surface area contributed by atoms with Crippen molar-refractivity contribution in [3.63, 3.8) is 0 Å². The maximum Gasteiger partial charge on any atom is 0.0304 e. The van der Waals surface area contributed by atoms with Gasteiger partial charge in [0.2, 0.25) is 0 Å². The average Bonchev–Trinajstić information content (AvgIpc) is 2.43. The van der Waals surface area contributed by atoms with Gasteiger partial charge in [-0.3, -0.25) is 4.90 Å². The monoisotopic (exact) mass is 268 g/mol. The molecule has 0 amide bonds. The van der Waals surface area contributed by atoms with Gasteiger partial charge in [0.25, 0.3) is 0 Å². The normalized spacial score (nSPS) is 24.0. The molecule has 1 N–H and O–H groups in total. The molecule has 1 unspecified atom stereocenters. The van der Waals surface area contributed by atoms with Crippen LogP contribution in [0.4, 0.5) is 0 Å². The van der Waals surface area contributed by atoms with Crippen LogP contribution in [0.3, 0.4) is 0 Å². The molecule has 2 nitrogen and oxygen atoms in total. The zero-order valence-electron chi connectivity index (χ0n) is 14.0. The Labute approximate surface area is 121 Å². The molecule has 0 aliphatic carbocycles. The van der Waals surface area contributed by atoms with E-state index in [1.165, 1.54) is 58.2 Å². The molecule has 0 aromatic rings. The summed E-state index contributed by atoms with van der Waals surface area (Å²) < 4.78 is 0. The van der Waals surface area contributed by atoms with Crippen LogP contribution in [0.15, 0.2) is 0 Å². The van der Waals surface area contributed by atoms with Crippen LogP contribution in [0.1, 0.15) is 73.1 Å². The molecule has 114 valence electrons. The van der Waals surface area contributed by atoms with Crippen LogP contribution in [-0.2, 0) is 0 Å². The third-order valence-electron chi connectivity index (χ3n) is 5.04. The highest BCUT2D eigenvalue weighted by molar-refractivity contribution is 4.96. The van der Waals surface area contributed by atoms with E-state index in [2.05, 4.69) is 44.8 Å². The number of piperazine rings is 1. The smallest absolute Gasteiger partial charge is 0.0304 e. The molecule has 0 saturated carbocycles. The Morgan fingerprint density at radius 1 is 1.16 bits per heavy atom. The van der Waals surface area contributed by atoms with E-state index in [0.29, 0.717) is 5.54 Å². The van der Waals surface area contributed by atoms with Crippen molar-refractivity contribution >= 4 is 0 Å². The molecule has 1 rings (SSSR count). The summed E-state index contributed by atoms with van der Waals surface area (Å²) in [5.41, 5.74) is 0.379. The van der Waals surface area contributed by atoms with E-state index in [-0.39, 0.29) is 0 Å². The van der Waals surface area contributed by atoms with Gasteiger partial charge in [0.15, 0.2) is 0 Å². The molecule has 1 aliphatic heterocycles. The van der Waals surface area contributed by atoms with Crippen LogP contribution >= 0.6 is 0 Å². The number of unbranched alkanes of at least 4 members (excludes halogenated alkanes) is 1. The summed E-state index contributed by atoms with van der Waals surface area (Å²) >= 11 is 0. The molecule has 0 aromatic heterocycles. The minimum atomic E-state index is 0.379. The van der Waals surface area contributed by atoms with Crippen LogP contribution in [0.25, 0.3) is 0 Å². The van der Waals surface area contributed by atoms with Gasteiger partial charge in [0, 0.05) is 24.7 Å². The Balaban J connectivity index is 2.46. The van der Waals surface area contributed by atoms with Gasteiger partial charge in [-0.2, -0.15) is 0 Å². The zero-order valence-corrected chi connectivity index (χ0v) is 14.0. The van der Waals surface area contributed by atoms with Crippen LogP contribution in [0, 0.1) is 5.92 Å². The SMILES string of the molecule is CCC1CNC(CC)(CC)CN1CCCCC(C)C. The van der Waals surface area contributed by atoms with Crippen LogP contribution in [0.2, 0.25) is 0 Å². The summed E-state index contributed by atoms with van der Waals surface area (Å²) in [5.74, 6) is 0.857. The van der Waals surface area contributed by atoms with E-state index in [0.717, 1.165) is 12.0 Å². The molecular formula is C17H36N2. The molecule has 0 spiro atoms. The van der Waals surface area contributed by atoms with E-state index in [4.69, 9.17) is 0 Å². The van der Waals surface area contributed by atoms with E-state index in [9.17, 15) is 0 Å². The summed E-state index contributed by atoms with van der Waals surface area (Å²) in [5, 5.41) is 3.83. The minimum absolute atomic E-state index is 0.379. The fraction of sp³-hybridized carbons (Fsp3) is 1.00. The minimum Gasteiger partial charge on any atom is -0.308 e. The van der Waals surface area contributed by atoms with Gasteiger partial charge in [-0.15, -0.1) is 0 Å². The number of hydrogen-bond donors (Lipinski definition) is 1. The molecule has 1 aliphatic rings. The van der Waals surface area contributed by atoms with Crippen molar-refractivity contribution in [1.29, 1.82) is 0 Å². The van der Waals surface area contributed by atoms with Crippen molar-refractivity contribution in [2.24, 2.45) is 5.92 Å². The zero-order chi connectivity index (χ0) is 14.3. The molecule has 1 heterocycles. The first-order valence-electron chi connectivity index (χ1n) is 8.56. The molecular weight excluding hydrogens is 232 g/mol. The number of rotatable bonds is 8. The van der Waals surface area contributed by atoms with Crippen molar-refractivity contribution in [3.8, 4) is 0 Å². The average molecular weight is 268 g/mol. The Morgan fingerprint density at radius 3 is 2.37 bits per heavy atom. The first-order chi connectivity index (χ1) is 9.06. The van der Waals surface area contributed by atoms with Crippen molar-refractivity contribution in [2.45, 2.75) is 84.7 Å². The maximum absolute atomic E-state index is 3.83. The number of nitrogens with zero attached hydrogens (tertiary/aromatic N) is 1. The fourth-order valence-electron chi connectivity index (χ4n) is 3.29. The van der Waals surface area contributed by atoms with Crippen LogP contribution in [0.5, 0.6) is 0 Å². The highest BCUT2D eigenvalue weighted by Crippen LogP contribution is 2.24. The first kappa shape index (κ1) is 17.0. The number of nitrogens with one attached hydrogen (secondary N) is 1. The Hall–Kier alpha value is -0.0800. The molecule has 1 atom stereocenters. The Kier molecular flexibility index (Phi) is 7.38. The molecule has 0 radical (unpaired) electrons. The van der Waals surface area contributed by atoms with Gasteiger partial charge in [-0.25, -0.2) is 0 Å². The molecule has 0 aromatic carbocycles. The largest absolute Gasteiger partial charge is 0.308 e. The van der Waals surface area contributed by atoms with Crippen molar-refractivity contribution in [2.75, 3.05) is 19.6 Å². The van der Waals surface area contributed by atoms with E-state index in [1.54, 1.807) is 0 Å². The van der Waals surface area contributed by atoms with Crippen molar-refractivity contribution < 1.29 is 0 Å². The second-order valence-corrected chi connectivity index (χ2v) is 6.79. The topological polar surface area (TPSA) is 15.3 Å². The number of hydrogen-bond acceptors (Lipinski definition) is 2. The second-order valence-electron chi connectivity index (χ2n) is 6.79. The third-order valence-corrected chi connectivity index (χ3v) is 5.04. The first-order valence-corrected chi connectivity index (χ1v) is 8.56. The highest BCUT2D eigenvalue weighted by atomic mass is 15.2. The summed E-state index contributed by atoms with van der Waals surface area (Å²) in [4.78, 5) is 2.77. The van der Waals surface area contributed by atoms with Gasteiger partial charge in [-0.05, 0) is 38.1 Å². The molecule has 1 fully saturated rings.